The molecule has 0 radical (unpaired) electrons. The van der Waals surface area contributed by atoms with E-state index in [9.17, 15) is 0 Å². The van der Waals surface area contributed by atoms with E-state index in [0.717, 1.165) is 21.1 Å². The topological polar surface area (TPSA) is 31.4 Å². The van der Waals surface area contributed by atoms with Crippen LogP contribution in [-0.2, 0) is 4.74 Å². The van der Waals surface area contributed by atoms with Gasteiger partial charge in [0.25, 0.3) is 0 Å². The molecular weight excluding hydrogens is 258 g/mol. The number of pyridine rings is 1. The van der Waals surface area contributed by atoms with E-state index in [0.29, 0.717) is 0 Å². The molecule has 1 heterocycles. The molecule has 0 fully saturated rings. The van der Waals surface area contributed by atoms with Crippen molar-refractivity contribution in [1.82, 2.24) is 4.98 Å². The van der Waals surface area contributed by atoms with E-state index < -0.39 is 0 Å². The Labute approximate surface area is 96.2 Å². The number of aromatic nitrogens is 1. The highest BCUT2D eigenvalue weighted by Crippen LogP contribution is 2.29. The molecular formula is C11H10BrNO2. The van der Waals surface area contributed by atoms with Gasteiger partial charge in [0.1, 0.15) is 11.3 Å². The number of nitrogens with zero attached hydrogens (tertiary/aromatic N) is 1. The van der Waals surface area contributed by atoms with Crippen LogP contribution in [0.2, 0.25) is 0 Å². The summed E-state index contributed by atoms with van der Waals surface area (Å²) in [6.45, 7) is 0.229. The maximum atomic E-state index is 5.42. The lowest BCUT2D eigenvalue weighted by atomic mass is 10.2. The Morgan fingerprint density at radius 2 is 2.20 bits per heavy atom. The summed E-state index contributed by atoms with van der Waals surface area (Å²) >= 11 is 3.47. The molecule has 0 amide bonds. The Morgan fingerprint density at radius 3 is 3.00 bits per heavy atom. The number of hydrogen-bond donors (Lipinski definition) is 0. The molecule has 0 aliphatic carbocycles. The molecule has 0 atom stereocenters. The predicted molar refractivity (Wildman–Crippen MR) is 61.9 cm³/mol. The van der Waals surface area contributed by atoms with Crippen LogP contribution in [0.15, 0.2) is 34.9 Å². The lowest BCUT2D eigenvalue weighted by Gasteiger charge is -2.08. The largest absolute Gasteiger partial charge is 0.465 e. The Morgan fingerprint density at radius 1 is 1.33 bits per heavy atom. The Balaban J connectivity index is 2.51. The van der Waals surface area contributed by atoms with Crippen LogP contribution >= 0.6 is 15.9 Å². The number of fused-ring (bicyclic) bond motifs is 1. The number of ether oxygens (including phenoxy) is 2. The fourth-order valence-corrected chi connectivity index (χ4v) is 1.80. The average molecular weight is 268 g/mol. The minimum atomic E-state index is 0.229. The fourth-order valence-electron chi connectivity index (χ4n) is 1.35. The molecule has 4 heteroatoms. The molecule has 0 aliphatic heterocycles. The van der Waals surface area contributed by atoms with Gasteiger partial charge in [-0.1, -0.05) is 22.0 Å². The Hall–Kier alpha value is -1.13. The third kappa shape index (κ3) is 2.11. The SMILES string of the molecule is COCOc1ccc(Br)c2cccnc12. The van der Waals surface area contributed by atoms with Crippen molar-refractivity contribution in [2.24, 2.45) is 0 Å². The van der Waals surface area contributed by atoms with Gasteiger partial charge in [0.2, 0.25) is 0 Å². The van der Waals surface area contributed by atoms with Crippen LogP contribution in [0.25, 0.3) is 10.9 Å². The summed E-state index contributed by atoms with van der Waals surface area (Å²) in [7, 11) is 1.59. The zero-order chi connectivity index (χ0) is 10.7. The second-order valence-corrected chi connectivity index (χ2v) is 3.85. The molecule has 0 bridgehead atoms. The van der Waals surface area contributed by atoms with Gasteiger partial charge in [-0.2, -0.15) is 0 Å². The van der Waals surface area contributed by atoms with Crippen molar-refractivity contribution < 1.29 is 9.47 Å². The lowest BCUT2D eigenvalue weighted by molar-refractivity contribution is 0.0521. The highest BCUT2D eigenvalue weighted by Gasteiger charge is 2.05. The van der Waals surface area contributed by atoms with Gasteiger partial charge in [-0.25, -0.2) is 0 Å². The first kappa shape index (κ1) is 10.4. The molecule has 3 nitrogen and oxygen atoms in total. The van der Waals surface area contributed by atoms with Gasteiger partial charge in [0.15, 0.2) is 6.79 Å². The summed E-state index contributed by atoms with van der Waals surface area (Å²) in [4.78, 5) is 4.28. The molecule has 1 aromatic carbocycles. The minimum absolute atomic E-state index is 0.229. The number of methoxy groups -OCH3 is 1. The summed E-state index contributed by atoms with van der Waals surface area (Å²) in [6.07, 6.45) is 1.74. The van der Waals surface area contributed by atoms with Crippen molar-refractivity contribution in [1.29, 1.82) is 0 Å². The molecule has 2 rings (SSSR count). The van der Waals surface area contributed by atoms with E-state index in [1.165, 1.54) is 0 Å². The molecule has 1 aromatic heterocycles. The molecule has 2 aromatic rings. The van der Waals surface area contributed by atoms with Crippen LogP contribution in [-0.4, -0.2) is 18.9 Å². The maximum Gasteiger partial charge on any atom is 0.188 e. The second kappa shape index (κ2) is 4.59. The molecule has 0 saturated heterocycles. The number of hydrogen-bond acceptors (Lipinski definition) is 3. The monoisotopic (exact) mass is 267 g/mol. The summed E-state index contributed by atoms with van der Waals surface area (Å²) < 4.78 is 11.3. The normalized spacial score (nSPS) is 10.5. The Bertz CT molecular complexity index is 473. The van der Waals surface area contributed by atoms with Crippen LogP contribution in [0.3, 0.4) is 0 Å². The van der Waals surface area contributed by atoms with Gasteiger partial charge in [0, 0.05) is 23.2 Å². The second-order valence-electron chi connectivity index (χ2n) is 3.00. The van der Waals surface area contributed by atoms with Gasteiger partial charge in [-0.05, 0) is 18.2 Å². The van der Waals surface area contributed by atoms with Gasteiger partial charge >= 0.3 is 0 Å². The quantitative estimate of drug-likeness (QED) is 0.802. The average Bonchev–Trinajstić information content (AvgIpc) is 2.29. The van der Waals surface area contributed by atoms with Gasteiger partial charge in [-0.3, -0.25) is 4.98 Å². The predicted octanol–water partition coefficient (Wildman–Crippen LogP) is 2.98. The summed E-state index contributed by atoms with van der Waals surface area (Å²) in [5.74, 6) is 0.732. The van der Waals surface area contributed by atoms with E-state index in [1.54, 1.807) is 13.3 Å². The molecule has 0 saturated carbocycles. The molecule has 0 aliphatic rings. The fraction of sp³-hybridized carbons (Fsp3) is 0.182. The summed E-state index contributed by atoms with van der Waals surface area (Å²) in [5.41, 5.74) is 0.837. The maximum absolute atomic E-state index is 5.42. The van der Waals surface area contributed by atoms with Crippen LogP contribution in [0.4, 0.5) is 0 Å². The van der Waals surface area contributed by atoms with Crippen molar-refractivity contribution in [3.05, 3.63) is 34.9 Å². The highest BCUT2D eigenvalue weighted by molar-refractivity contribution is 9.10. The number of rotatable bonds is 3. The van der Waals surface area contributed by atoms with E-state index in [4.69, 9.17) is 9.47 Å². The first-order chi connectivity index (χ1) is 7.33. The van der Waals surface area contributed by atoms with Gasteiger partial charge in [0.05, 0.1) is 0 Å². The highest BCUT2D eigenvalue weighted by atomic mass is 79.9. The van der Waals surface area contributed by atoms with Crippen LogP contribution in [0.1, 0.15) is 0 Å². The third-order valence-corrected chi connectivity index (χ3v) is 2.70. The number of benzene rings is 1. The summed E-state index contributed by atoms with van der Waals surface area (Å²) in [6, 6.07) is 7.70. The molecule has 78 valence electrons. The first-order valence-electron chi connectivity index (χ1n) is 4.48. The molecule has 0 spiro atoms. The lowest BCUT2D eigenvalue weighted by Crippen LogP contribution is -1.99. The van der Waals surface area contributed by atoms with E-state index in [1.807, 2.05) is 24.3 Å². The van der Waals surface area contributed by atoms with Crippen molar-refractivity contribution in [3.8, 4) is 5.75 Å². The van der Waals surface area contributed by atoms with Gasteiger partial charge < -0.3 is 9.47 Å². The smallest absolute Gasteiger partial charge is 0.188 e. The number of halogens is 1. The van der Waals surface area contributed by atoms with Crippen molar-refractivity contribution in [3.63, 3.8) is 0 Å². The Kier molecular flexibility index (Phi) is 3.18. The van der Waals surface area contributed by atoms with Crippen molar-refractivity contribution in [2.75, 3.05) is 13.9 Å². The molecule has 0 unspecified atom stereocenters. The van der Waals surface area contributed by atoms with Crippen LogP contribution in [0.5, 0.6) is 5.75 Å². The molecule has 15 heavy (non-hydrogen) atoms. The van der Waals surface area contributed by atoms with Crippen LogP contribution in [0, 0.1) is 0 Å². The zero-order valence-electron chi connectivity index (χ0n) is 8.24. The summed E-state index contributed by atoms with van der Waals surface area (Å²) in [5, 5.41) is 1.03. The van der Waals surface area contributed by atoms with Crippen LogP contribution < -0.4 is 4.74 Å². The van der Waals surface area contributed by atoms with E-state index in [2.05, 4.69) is 20.9 Å². The third-order valence-electron chi connectivity index (χ3n) is 2.01. The van der Waals surface area contributed by atoms with E-state index >= 15 is 0 Å². The van der Waals surface area contributed by atoms with Gasteiger partial charge in [-0.15, -0.1) is 0 Å². The van der Waals surface area contributed by atoms with E-state index in [-0.39, 0.29) is 6.79 Å². The standard InChI is InChI=1S/C11H10BrNO2/c1-14-7-15-10-5-4-9(12)8-3-2-6-13-11(8)10/h2-6H,7H2,1H3. The first-order valence-corrected chi connectivity index (χ1v) is 5.27. The molecule has 0 N–H and O–H groups in total. The van der Waals surface area contributed by atoms with Crippen molar-refractivity contribution in [2.45, 2.75) is 0 Å². The minimum Gasteiger partial charge on any atom is -0.465 e. The van der Waals surface area contributed by atoms with Crippen molar-refractivity contribution >= 4 is 26.8 Å². The zero-order valence-corrected chi connectivity index (χ0v) is 9.82.